The first-order valence-corrected chi connectivity index (χ1v) is 7.59. The van der Waals surface area contributed by atoms with Gasteiger partial charge < -0.3 is 9.05 Å². The molecule has 0 N–H and O–H groups in total. The third-order valence-electron chi connectivity index (χ3n) is 1.82. The molecule has 16 heavy (non-hydrogen) atoms. The molecular weight excluding hydrogens is 314 g/mol. The highest BCUT2D eigenvalue weighted by Gasteiger charge is 2.26. The average molecular weight is 328 g/mol. The molecule has 0 saturated heterocycles. The number of hydrogen-bond acceptors (Lipinski definition) is 3. The SMILES string of the molecule is CCOP(=O)(OCC)c1ccc(Br)c(Cl)c1. The number of halogens is 2. The van der Waals surface area contributed by atoms with Gasteiger partial charge in [-0.05, 0) is 48.0 Å². The zero-order chi connectivity index (χ0) is 12.2. The highest BCUT2D eigenvalue weighted by molar-refractivity contribution is 9.10. The molecule has 0 bridgehead atoms. The molecule has 0 aliphatic heterocycles. The molecule has 0 unspecified atom stereocenters. The molecule has 0 spiro atoms. The molecule has 0 aliphatic carbocycles. The summed E-state index contributed by atoms with van der Waals surface area (Å²) in [5.41, 5.74) is 0. The minimum Gasteiger partial charge on any atom is -0.305 e. The lowest BCUT2D eigenvalue weighted by molar-refractivity contribution is 0.230. The van der Waals surface area contributed by atoms with Crippen molar-refractivity contribution in [3.05, 3.63) is 27.7 Å². The fourth-order valence-corrected chi connectivity index (χ4v) is 3.28. The van der Waals surface area contributed by atoms with Crippen LogP contribution < -0.4 is 5.30 Å². The van der Waals surface area contributed by atoms with E-state index in [-0.39, 0.29) is 0 Å². The van der Waals surface area contributed by atoms with Gasteiger partial charge in [-0.15, -0.1) is 0 Å². The predicted octanol–water partition coefficient (Wildman–Crippen LogP) is 3.99. The predicted molar refractivity (Wildman–Crippen MR) is 69.6 cm³/mol. The molecule has 3 nitrogen and oxygen atoms in total. The molecule has 1 aromatic carbocycles. The molecule has 0 aromatic heterocycles. The van der Waals surface area contributed by atoms with Crippen LogP contribution in [-0.2, 0) is 13.6 Å². The molecule has 0 atom stereocenters. The second kappa shape index (κ2) is 6.18. The van der Waals surface area contributed by atoms with E-state index in [1.54, 1.807) is 32.0 Å². The van der Waals surface area contributed by atoms with Crippen molar-refractivity contribution in [2.45, 2.75) is 13.8 Å². The summed E-state index contributed by atoms with van der Waals surface area (Å²) in [4.78, 5) is 0. The first-order chi connectivity index (χ1) is 7.53. The largest absolute Gasteiger partial charge is 0.361 e. The minimum absolute atomic E-state index is 0.324. The molecule has 0 amide bonds. The van der Waals surface area contributed by atoms with E-state index in [1.807, 2.05) is 0 Å². The Morgan fingerprint density at radius 2 is 1.88 bits per heavy atom. The van der Waals surface area contributed by atoms with Gasteiger partial charge in [0, 0.05) is 4.47 Å². The van der Waals surface area contributed by atoms with E-state index < -0.39 is 7.60 Å². The van der Waals surface area contributed by atoms with Crippen molar-refractivity contribution >= 4 is 40.4 Å². The summed E-state index contributed by atoms with van der Waals surface area (Å²) in [6, 6.07) is 5.00. The maximum atomic E-state index is 12.4. The summed E-state index contributed by atoms with van der Waals surface area (Å²) in [6.45, 7) is 4.19. The van der Waals surface area contributed by atoms with E-state index in [4.69, 9.17) is 20.6 Å². The van der Waals surface area contributed by atoms with Crippen molar-refractivity contribution in [1.82, 2.24) is 0 Å². The Kier molecular flexibility index (Phi) is 5.48. The molecule has 0 aliphatic rings. The van der Waals surface area contributed by atoms with Gasteiger partial charge in [-0.2, -0.15) is 0 Å². The maximum absolute atomic E-state index is 12.4. The topological polar surface area (TPSA) is 35.5 Å². The second-order valence-corrected chi connectivity index (χ2v) is 6.22. The summed E-state index contributed by atoms with van der Waals surface area (Å²) in [6.07, 6.45) is 0. The van der Waals surface area contributed by atoms with Crippen LogP contribution in [0.3, 0.4) is 0 Å². The average Bonchev–Trinajstić information content (AvgIpc) is 2.22. The van der Waals surface area contributed by atoms with Crippen molar-refractivity contribution in [2.24, 2.45) is 0 Å². The van der Waals surface area contributed by atoms with Crippen LogP contribution in [0.1, 0.15) is 13.8 Å². The van der Waals surface area contributed by atoms with Gasteiger partial charge >= 0.3 is 7.60 Å². The Morgan fingerprint density at radius 1 is 1.31 bits per heavy atom. The van der Waals surface area contributed by atoms with Gasteiger partial charge in [-0.25, -0.2) is 0 Å². The van der Waals surface area contributed by atoms with Crippen molar-refractivity contribution in [3.63, 3.8) is 0 Å². The Labute approximate surface area is 109 Å². The van der Waals surface area contributed by atoms with Gasteiger partial charge in [-0.3, -0.25) is 4.57 Å². The summed E-state index contributed by atoms with van der Waals surface area (Å²) in [7, 11) is -3.22. The van der Waals surface area contributed by atoms with E-state index in [9.17, 15) is 4.57 Å². The molecule has 1 aromatic rings. The summed E-state index contributed by atoms with van der Waals surface area (Å²) in [5.74, 6) is 0. The molecule has 90 valence electrons. The number of hydrogen-bond donors (Lipinski definition) is 0. The zero-order valence-electron chi connectivity index (χ0n) is 9.07. The number of rotatable bonds is 5. The smallest absolute Gasteiger partial charge is 0.305 e. The molecule has 6 heteroatoms. The highest BCUT2D eigenvalue weighted by Crippen LogP contribution is 2.47. The summed E-state index contributed by atoms with van der Waals surface area (Å²) < 4.78 is 23.5. The van der Waals surface area contributed by atoms with Crippen LogP contribution in [0.15, 0.2) is 22.7 Å². The van der Waals surface area contributed by atoms with Gasteiger partial charge in [0.25, 0.3) is 0 Å². The molecular formula is C10H13BrClO3P. The van der Waals surface area contributed by atoms with Crippen molar-refractivity contribution < 1.29 is 13.6 Å². The lowest BCUT2D eigenvalue weighted by atomic mass is 10.4. The molecule has 0 radical (unpaired) electrons. The van der Waals surface area contributed by atoms with Crippen molar-refractivity contribution in [3.8, 4) is 0 Å². The molecule has 0 saturated carbocycles. The van der Waals surface area contributed by atoms with Crippen LogP contribution in [0.2, 0.25) is 5.02 Å². The third-order valence-corrected chi connectivity index (χ3v) is 5.16. The van der Waals surface area contributed by atoms with E-state index in [1.165, 1.54) is 0 Å². The Hall–Kier alpha value is 0.140. The van der Waals surface area contributed by atoms with Gasteiger partial charge in [0.15, 0.2) is 0 Å². The second-order valence-electron chi connectivity index (χ2n) is 2.93. The van der Waals surface area contributed by atoms with Crippen LogP contribution >= 0.6 is 35.1 Å². The zero-order valence-corrected chi connectivity index (χ0v) is 12.3. The lowest BCUT2D eigenvalue weighted by Crippen LogP contribution is -2.10. The summed E-state index contributed by atoms with van der Waals surface area (Å²) in [5, 5.41) is 0.960. The first-order valence-electron chi connectivity index (χ1n) is 4.88. The quantitative estimate of drug-likeness (QED) is 0.767. The lowest BCUT2D eigenvalue weighted by Gasteiger charge is -2.17. The van der Waals surface area contributed by atoms with Gasteiger partial charge in [0.2, 0.25) is 0 Å². The van der Waals surface area contributed by atoms with Gasteiger partial charge in [-0.1, -0.05) is 11.6 Å². The van der Waals surface area contributed by atoms with Crippen LogP contribution in [0, 0.1) is 0 Å². The first kappa shape index (κ1) is 14.2. The number of benzene rings is 1. The van der Waals surface area contributed by atoms with Crippen molar-refractivity contribution in [1.29, 1.82) is 0 Å². The maximum Gasteiger partial charge on any atom is 0.361 e. The molecule has 0 fully saturated rings. The van der Waals surface area contributed by atoms with Crippen LogP contribution in [0.5, 0.6) is 0 Å². The normalized spacial score (nSPS) is 11.8. The van der Waals surface area contributed by atoms with Crippen molar-refractivity contribution in [2.75, 3.05) is 13.2 Å². The Balaban J connectivity index is 3.11. The molecule has 1 rings (SSSR count). The van der Waals surface area contributed by atoms with E-state index in [0.29, 0.717) is 23.5 Å². The standard InChI is InChI=1S/C10H13BrClO3P/c1-3-14-16(13,15-4-2)8-5-6-9(11)10(12)7-8/h5-7H,3-4H2,1-2H3. The van der Waals surface area contributed by atoms with Gasteiger partial charge in [0.1, 0.15) is 0 Å². The Morgan fingerprint density at radius 3 is 2.31 bits per heavy atom. The van der Waals surface area contributed by atoms with E-state index in [0.717, 1.165) is 4.47 Å². The fraction of sp³-hybridized carbons (Fsp3) is 0.400. The highest BCUT2D eigenvalue weighted by atomic mass is 79.9. The van der Waals surface area contributed by atoms with E-state index in [2.05, 4.69) is 15.9 Å². The summed E-state index contributed by atoms with van der Waals surface area (Å²) >= 11 is 9.21. The molecule has 0 heterocycles. The Bertz CT molecular complexity index is 401. The minimum atomic E-state index is -3.22. The van der Waals surface area contributed by atoms with Crippen LogP contribution in [0.25, 0.3) is 0 Å². The van der Waals surface area contributed by atoms with Crippen LogP contribution in [-0.4, -0.2) is 13.2 Å². The third kappa shape index (κ3) is 3.31. The monoisotopic (exact) mass is 326 g/mol. The van der Waals surface area contributed by atoms with Gasteiger partial charge in [0.05, 0.1) is 23.5 Å². The van der Waals surface area contributed by atoms with E-state index >= 15 is 0 Å². The van der Waals surface area contributed by atoms with Crippen LogP contribution in [0.4, 0.5) is 0 Å². The fourth-order valence-electron chi connectivity index (χ4n) is 1.18.